The molecular weight excluding hydrogens is 420 g/mol. The van der Waals surface area contributed by atoms with Crippen LogP contribution in [0.4, 0.5) is 0 Å². The highest BCUT2D eigenvalue weighted by molar-refractivity contribution is 5.42. The number of aliphatic hydroxyl groups excluding tert-OH is 1. The number of piperidine rings is 1. The van der Waals surface area contributed by atoms with Crippen LogP contribution in [-0.2, 0) is 13.6 Å². The standard InChI is InChI=1S/C24H34N6O3/c1-28-20(15-27-24(28)30-12-9-26-17-30)23-19(16-31)5-4-10-29(23)11-8-25-14-18-6-7-21(32-2)22(13-18)33-3/h6-7,9,12-13,15,17,19,23,25,31H,4-5,8,10-11,14,16H2,1-3H3. The zero-order chi connectivity index (χ0) is 23.2. The second-order valence-corrected chi connectivity index (χ2v) is 8.44. The smallest absolute Gasteiger partial charge is 0.215 e. The summed E-state index contributed by atoms with van der Waals surface area (Å²) in [5, 5.41) is 13.7. The molecule has 3 aromatic rings. The minimum absolute atomic E-state index is 0.126. The highest BCUT2D eigenvalue weighted by Crippen LogP contribution is 2.36. The summed E-state index contributed by atoms with van der Waals surface area (Å²) < 4.78 is 14.8. The van der Waals surface area contributed by atoms with Gasteiger partial charge in [0, 0.05) is 51.6 Å². The molecule has 1 aliphatic rings. The number of aliphatic hydroxyl groups is 1. The third-order valence-corrected chi connectivity index (χ3v) is 6.49. The number of hydrogen-bond donors (Lipinski definition) is 2. The normalized spacial score (nSPS) is 19.0. The highest BCUT2D eigenvalue weighted by Gasteiger charge is 2.34. The number of aromatic nitrogens is 4. The van der Waals surface area contributed by atoms with E-state index in [4.69, 9.17) is 9.47 Å². The SMILES string of the molecule is COc1ccc(CNCCN2CCCC(CO)C2c2cnc(-n3ccnc3)n2C)cc1OC. The Balaban J connectivity index is 1.42. The van der Waals surface area contributed by atoms with Gasteiger partial charge in [0.25, 0.3) is 0 Å². The first-order chi connectivity index (χ1) is 16.2. The average Bonchev–Trinajstić information content (AvgIpc) is 3.51. The van der Waals surface area contributed by atoms with Gasteiger partial charge >= 0.3 is 0 Å². The van der Waals surface area contributed by atoms with Crippen LogP contribution in [0.25, 0.3) is 5.95 Å². The third-order valence-electron chi connectivity index (χ3n) is 6.49. The van der Waals surface area contributed by atoms with E-state index in [0.717, 1.165) is 67.7 Å². The van der Waals surface area contributed by atoms with E-state index in [1.165, 1.54) is 0 Å². The molecule has 0 amide bonds. The Morgan fingerprint density at radius 2 is 2.06 bits per heavy atom. The molecule has 1 aliphatic heterocycles. The monoisotopic (exact) mass is 454 g/mol. The molecule has 178 valence electrons. The zero-order valence-corrected chi connectivity index (χ0v) is 19.6. The van der Waals surface area contributed by atoms with Gasteiger partial charge < -0.3 is 24.5 Å². The number of methoxy groups -OCH3 is 2. The fourth-order valence-corrected chi connectivity index (χ4v) is 4.77. The maximum absolute atomic E-state index is 10.1. The molecule has 2 atom stereocenters. The molecule has 9 heteroatoms. The predicted molar refractivity (Wildman–Crippen MR) is 126 cm³/mol. The Morgan fingerprint density at radius 3 is 2.79 bits per heavy atom. The van der Waals surface area contributed by atoms with Gasteiger partial charge in [-0.3, -0.25) is 9.47 Å². The maximum atomic E-state index is 10.1. The van der Waals surface area contributed by atoms with Gasteiger partial charge in [0.05, 0.1) is 32.2 Å². The number of ether oxygens (including phenoxy) is 2. The average molecular weight is 455 g/mol. The molecule has 2 unspecified atom stereocenters. The van der Waals surface area contributed by atoms with E-state index >= 15 is 0 Å². The first kappa shape index (κ1) is 23.3. The number of imidazole rings is 2. The summed E-state index contributed by atoms with van der Waals surface area (Å²) in [6.45, 7) is 3.66. The summed E-state index contributed by atoms with van der Waals surface area (Å²) in [5.74, 6) is 2.49. The van der Waals surface area contributed by atoms with Gasteiger partial charge in [0.1, 0.15) is 6.33 Å². The van der Waals surface area contributed by atoms with Crippen molar-refractivity contribution in [3.63, 3.8) is 0 Å². The topological polar surface area (TPSA) is 89.6 Å². The predicted octanol–water partition coefficient (Wildman–Crippen LogP) is 2.16. The molecule has 0 bridgehead atoms. The van der Waals surface area contributed by atoms with Gasteiger partial charge in [-0.25, -0.2) is 9.97 Å². The molecule has 0 aliphatic carbocycles. The van der Waals surface area contributed by atoms with Gasteiger partial charge in [-0.2, -0.15) is 0 Å². The van der Waals surface area contributed by atoms with Gasteiger partial charge in [-0.05, 0) is 37.1 Å². The van der Waals surface area contributed by atoms with Crippen molar-refractivity contribution in [2.45, 2.75) is 25.4 Å². The molecular formula is C24H34N6O3. The van der Waals surface area contributed by atoms with E-state index < -0.39 is 0 Å². The first-order valence-corrected chi connectivity index (χ1v) is 11.4. The number of rotatable bonds is 10. The Bertz CT molecular complexity index is 1020. The lowest BCUT2D eigenvalue weighted by atomic mass is 9.87. The van der Waals surface area contributed by atoms with Crippen LogP contribution in [0, 0.1) is 5.92 Å². The summed E-state index contributed by atoms with van der Waals surface area (Å²) in [4.78, 5) is 11.3. The van der Waals surface area contributed by atoms with Crippen molar-refractivity contribution in [2.75, 3.05) is 40.5 Å². The van der Waals surface area contributed by atoms with E-state index in [9.17, 15) is 5.11 Å². The third kappa shape index (κ3) is 5.05. The lowest BCUT2D eigenvalue weighted by Gasteiger charge is -2.41. The minimum atomic E-state index is 0.126. The molecule has 0 spiro atoms. The van der Waals surface area contributed by atoms with E-state index in [1.54, 1.807) is 26.7 Å². The van der Waals surface area contributed by atoms with E-state index in [1.807, 2.05) is 42.2 Å². The van der Waals surface area contributed by atoms with Crippen LogP contribution < -0.4 is 14.8 Å². The van der Waals surface area contributed by atoms with E-state index in [-0.39, 0.29) is 18.6 Å². The summed E-state index contributed by atoms with van der Waals surface area (Å²) in [5.41, 5.74) is 2.27. The quantitative estimate of drug-likeness (QED) is 0.454. The fourth-order valence-electron chi connectivity index (χ4n) is 4.77. The fraction of sp³-hybridized carbons (Fsp3) is 0.500. The zero-order valence-electron chi connectivity index (χ0n) is 19.6. The van der Waals surface area contributed by atoms with Crippen molar-refractivity contribution in [1.82, 2.24) is 29.3 Å². The van der Waals surface area contributed by atoms with Crippen molar-refractivity contribution >= 4 is 0 Å². The van der Waals surface area contributed by atoms with Crippen molar-refractivity contribution in [1.29, 1.82) is 0 Å². The molecule has 0 saturated carbocycles. The molecule has 4 rings (SSSR count). The van der Waals surface area contributed by atoms with Crippen LogP contribution >= 0.6 is 0 Å². The summed E-state index contributed by atoms with van der Waals surface area (Å²) >= 11 is 0. The Labute approximate surface area is 195 Å². The number of nitrogens with zero attached hydrogens (tertiary/aromatic N) is 5. The van der Waals surface area contributed by atoms with Crippen LogP contribution in [0.2, 0.25) is 0 Å². The molecule has 3 heterocycles. The Kier molecular flexibility index (Phi) is 7.64. The minimum Gasteiger partial charge on any atom is -0.493 e. The number of likely N-dealkylation sites (tertiary alicyclic amines) is 1. The molecule has 1 fully saturated rings. The largest absolute Gasteiger partial charge is 0.493 e. The van der Waals surface area contributed by atoms with Crippen molar-refractivity contribution in [3.05, 3.63) is 54.4 Å². The summed E-state index contributed by atoms with van der Waals surface area (Å²) in [6, 6.07) is 6.11. The van der Waals surface area contributed by atoms with Crippen molar-refractivity contribution < 1.29 is 14.6 Å². The van der Waals surface area contributed by atoms with Crippen molar-refractivity contribution in [3.8, 4) is 17.4 Å². The first-order valence-electron chi connectivity index (χ1n) is 11.4. The summed E-state index contributed by atoms with van der Waals surface area (Å²) in [6.07, 6.45) is 9.45. The van der Waals surface area contributed by atoms with Crippen LogP contribution in [-0.4, -0.2) is 69.6 Å². The number of nitrogens with one attached hydrogen (secondary N) is 1. The molecule has 0 radical (unpaired) electrons. The van der Waals surface area contributed by atoms with Gasteiger partial charge in [-0.15, -0.1) is 0 Å². The van der Waals surface area contributed by atoms with Crippen molar-refractivity contribution in [2.24, 2.45) is 13.0 Å². The Hall–Kier alpha value is -2.88. The van der Waals surface area contributed by atoms with E-state index in [0.29, 0.717) is 0 Å². The second-order valence-electron chi connectivity index (χ2n) is 8.44. The second kappa shape index (κ2) is 10.8. The molecule has 2 N–H and O–H groups in total. The van der Waals surface area contributed by atoms with Gasteiger partial charge in [0.15, 0.2) is 11.5 Å². The van der Waals surface area contributed by atoms with E-state index in [2.05, 4.69) is 24.8 Å². The maximum Gasteiger partial charge on any atom is 0.215 e. The molecule has 9 nitrogen and oxygen atoms in total. The van der Waals surface area contributed by atoms with Crippen LogP contribution in [0.5, 0.6) is 11.5 Å². The number of benzene rings is 1. The van der Waals surface area contributed by atoms with Gasteiger partial charge in [-0.1, -0.05) is 6.07 Å². The summed E-state index contributed by atoms with van der Waals surface area (Å²) in [7, 11) is 5.33. The lowest BCUT2D eigenvalue weighted by Crippen LogP contribution is -2.44. The Morgan fingerprint density at radius 1 is 1.21 bits per heavy atom. The molecule has 2 aromatic heterocycles. The van der Waals surface area contributed by atoms with Crippen LogP contribution in [0.15, 0.2) is 43.1 Å². The molecule has 1 saturated heterocycles. The highest BCUT2D eigenvalue weighted by atomic mass is 16.5. The van der Waals surface area contributed by atoms with Crippen LogP contribution in [0.1, 0.15) is 30.1 Å². The molecule has 1 aromatic carbocycles. The molecule has 33 heavy (non-hydrogen) atoms. The van der Waals surface area contributed by atoms with Gasteiger partial charge in [0.2, 0.25) is 5.95 Å². The van der Waals surface area contributed by atoms with Crippen LogP contribution in [0.3, 0.4) is 0 Å². The lowest BCUT2D eigenvalue weighted by molar-refractivity contribution is 0.0517. The number of hydrogen-bond acceptors (Lipinski definition) is 7.